The van der Waals surface area contributed by atoms with Crippen LogP contribution in [0.25, 0.3) is 0 Å². The van der Waals surface area contributed by atoms with Crippen LogP contribution >= 0.6 is 0 Å². The van der Waals surface area contributed by atoms with Crippen molar-refractivity contribution >= 4 is 0 Å². The van der Waals surface area contributed by atoms with Gasteiger partial charge in [0.25, 0.3) is 0 Å². The van der Waals surface area contributed by atoms with Crippen molar-refractivity contribution in [1.29, 1.82) is 0 Å². The van der Waals surface area contributed by atoms with E-state index in [9.17, 15) is 0 Å². The van der Waals surface area contributed by atoms with Crippen molar-refractivity contribution in [2.75, 3.05) is 33.0 Å². The SMILES string of the molecule is CCCCCCCCOC[C@H](N)COCCCCO[C@H]1CC[C@@]2(C)C(=CC[C@@]34CC35CC[C@H]([C@H](C)CCCC(C)C)[C@@]5(C)CC[C@@H]42)C1. The third-order valence-corrected chi connectivity index (χ3v) is 15.0. The van der Waals surface area contributed by atoms with Crippen LogP contribution in [0.1, 0.15) is 170 Å². The van der Waals surface area contributed by atoms with Crippen molar-refractivity contribution in [2.45, 2.75) is 182 Å². The molecule has 5 rings (SSSR count). The Balaban J connectivity index is 0.989. The van der Waals surface area contributed by atoms with Crippen molar-refractivity contribution in [3.05, 3.63) is 11.6 Å². The number of unbranched alkanes of at least 4 members (excludes halogenated alkanes) is 6. The fraction of sp³-hybridized carbons (Fsp3) is 0.953. The highest BCUT2D eigenvalue weighted by atomic mass is 16.5. The fourth-order valence-electron chi connectivity index (χ4n) is 12.3. The summed E-state index contributed by atoms with van der Waals surface area (Å²) in [7, 11) is 0. The lowest BCUT2D eigenvalue weighted by atomic mass is 9.47. The van der Waals surface area contributed by atoms with Crippen LogP contribution in [0.5, 0.6) is 0 Å². The third kappa shape index (κ3) is 8.07. The second kappa shape index (κ2) is 16.7. The second-order valence-electron chi connectivity index (χ2n) is 18.3. The van der Waals surface area contributed by atoms with Gasteiger partial charge in [0.2, 0.25) is 0 Å². The van der Waals surface area contributed by atoms with Gasteiger partial charge >= 0.3 is 0 Å². The summed E-state index contributed by atoms with van der Waals surface area (Å²) in [6.45, 7) is 18.8. The number of nitrogens with two attached hydrogens (primary N) is 1. The van der Waals surface area contributed by atoms with E-state index in [0.717, 1.165) is 62.8 Å². The maximum atomic E-state index is 6.51. The first-order chi connectivity index (χ1) is 22.6. The van der Waals surface area contributed by atoms with Crippen LogP contribution in [0.3, 0.4) is 0 Å². The Morgan fingerprint density at radius 2 is 1.51 bits per heavy atom. The summed E-state index contributed by atoms with van der Waals surface area (Å²) in [5.41, 5.74) is 10.2. The summed E-state index contributed by atoms with van der Waals surface area (Å²) < 4.78 is 18.2. The molecule has 5 aliphatic rings. The van der Waals surface area contributed by atoms with Crippen molar-refractivity contribution in [3.63, 3.8) is 0 Å². The number of hydrogen-bond acceptors (Lipinski definition) is 4. The summed E-state index contributed by atoms with van der Waals surface area (Å²) in [4.78, 5) is 0. The molecule has 0 amide bonds. The molecule has 4 fully saturated rings. The Labute approximate surface area is 291 Å². The predicted molar refractivity (Wildman–Crippen MR) is 198 cm³/mol. The molecule has 0 aromatic heterocycles. The van der Waals surface area contributed by atoms with Crippen LogP contribution in [0, 0.1) is 45.3 Å². The molecule has 4 nitrogen and oxygen atoms in total. The maximum absolute atomic E-state index is 6.51. The van der Waals surface area contributed by atoms with Crippen LogP contribution in [0.15, 0.2) is 11.6 Å². The lowest BCUT2D eigenvalue weighted by Gasteiger charge is -2.58. The van der Waals surface area contributed by atoms with Gasteiger partial charge in [-0.1, -0.05) is 105 Å². The molecule has 2 N–H and O–H groups in total. The first kappa shape index (κ1) is 37.8. The summed E-state index contributed by atoms with van der Waals surface area (Å²) >= 11 is 0. The quantitative estimate of drug-likeness (QED) is 0.0931. The Kier molecular flexibility index (Phi) is 13.5. The topological polar surface area (TPSA) is 53.7 Å². The zero-order valence-corrected chi connectivity index (χ0v) is 32.0. The predicted octanol–water partition coefficient (Wildman–Crippen LogP) is 11.1. The lowest BCUT2D eigenvalue weighted by Crippen LogP contribution is -2.51. The van der Waals surface area contributed by atoms with Crippen molar-refractivity contribution in [1.82, 2.24) is 0 Å². The summed E-state index contributed by atoms with van der Waals surface area (Å²) in [6, 6.07) is -0.0209. The molecule has 0 aromatic rings. The Morgan fingerprint density at radius 1 is 0.809 bits per heavy atom. The number of fused-ring (bicyclic) bond motifs is 2. The molecule has 5 aliphatic carbocycles. The second-order valence-corrected chi connectivity index (χ2v) is 18.3. The van der Waals surface area contributed by atoms with Crippen LogP contribution in [-0.2, 0) is 14.2 Å². The average molecular weight is 656 g/mol. The van der Waals surface area contributed by atoms with E-state index in [2.05, 4.69) is 47.6 Å². The number of allylic oxidation sites excluding steroid dienone is 1. The van der Waals surface area contributed by atoms with Gasteiger partial charge in [0.1, 0.15) is 0 Å². The smallest absolute Gasteiger partial charge is 0.0640 e. The van der Waals surface area contributed by atoms with E-state index in [4.69, 9.17) is 19.9 Å². The molecule has 0 radical (unpaired) electrons. The van der Waals surface area contributed by atoms with E-state index >= 15 is 0 Å². The molecule has 0 aromatic carbocycles. The molecule has 47 heavy (non-hydrogen) atoms. The fourth-order valence-corrected chi connectivity index (χ4v) is 12.3. The number of rotatable bonds is 22. The zero-order valence-electron chi connectivity index (χ0n) is 32.0. The van der Waals surface area contributed by atoms with E-state index in [1.807, 2.05) is 0 Å². The first-order valence-corrected chi connectivity index (χ1v) is 20.8. The first-order valence-electron chi connectivity index (χ1n) is 20.8. The van der Waals surface area contributed by atoms with Crippen molar-refractivity contribution in [3.8, 4) is 0 Å². The molecule has 0 bridgehead atoms. The van der Waals surface area contributed by atoms with Gasteiger partial charge < -0.3 is 19.9 Å². The van der Waals surface area contributed by atoms with Gasteiger partial charge in [-0.15, -0.1) is 0 Å². The van der Waals surface area contributed by atoms with Crippen molar-refractivity contribution < 1.29 is 14.2 Å². The Hall–Kier alpha value is -0.420. The van der Waals surface area contributed by atoms with E-state index in [1.54, 1.807) is 5.57 Å². The van der Waals surface area contributed by atoms with Gasteiger partial charge in [-0.05, 0) is 122 Å². The molecule has 1 unspecified atom stereocenters. The summed E-state index contributed by atoms with van der Waals surface area (Å²) in [6.07, 6.45) is 30.0. The minimum Gasteiger partial charge on any atom is -0.380 e. The number of ether oxygens (including phenoxy) is 3. The number of hydrogen-bond donors (Lipinski definition) is 1. The summed E-state index contributed by atoms with van der Waals surface area (Å²) in [5, 5.41) is 0. The third-order valence-electron chi connectivity index (χ3n) is 15.0. The van der Waals surface area contributed by atoms with E-state index in [1.165, 1.54) is 109 Å². The van der Waals surface area contributed by atoms with Gasteiger partial charge in [-0.25, -0.2) is 0 Å². The van der Waals surface area contributed by atoms with Crippen LogP contribution in [-0.4, -0.2) is 45.2 Å². The average Bonchev–Trinajstić information content (AvgIpc) is 3.61. The van der Waals surface area contributed by atoms with Crippen molar-refractivity contribution in [2.24, 2.45) is 51.1 Å². The Morgan fingerprint density at radius 3 is 2.26 bits per heavy atom. The zero-order chi connectivity index (χ0) is 33.5. The molecular weight excluding hydrogens is 578 g/mol. The van der Waals surface area contributed by atoms with E-state index < -0.39 is 0 Å². The van der Waals surface area contributed by atoms with Gasteiger partial charge in [0, 0.05) is 19.8 Å². The molecule has 2 spiro atoms. The molecule has 0 aliphatic heterocycles. The van der Waals surface area contributed by atoms with Crippen LogP contribution < -0.4 is 5.73 Å². The van der Waals surface area contributed by atoms with Gasteiger partial charge in [-0.3, -0.25) is 0 Å². The standard InChI is InChI=1S/C43H77NO3/c1-7-8-9-10-11-12-26-45-30-36(44)31-46-27-13-14-28-47-37-19-22-40(5)35(29-37)18-24-42-32-43(42)25-20-38(34(4)17-15-16-33(2)3)41(43,6)23-21-39(40)42/h18,33-34,36-39H,7-17,19-32,44H2,1-6H3/t34-,36+,37+,38-,39-,40+,41-,42+,43?/m1/s1. The van der Waals surface area contributed by atoms with Gasteiger partial charge in [0.05, 0.1) is 25.4 Å². The van der Waals surface area contributed by atoms with Crippen LogP contribution in [0.4, 0.5) is 0 Å². The highest BCUT2D eigenvalue weighted by Crippen LogP contribution is 2.90. The normalized spacial score (nSPS) is 37.1. The molecule has 0 saturated heterocycles. The minimum absolute atomic E-state index is 0.0209. The monoisotopic (exact) mass is 656 g/mol. The highest BCUT2D eigenvalue weighted by Gasteiger charge is 2.82. The molecule has 4 heteroatoms. The molecule has 272 valence electrons. The van der Waals surface area contributed by atoms with Gasteiger partial charge in [-0.2, -0.15) is 0 Å². The summed E-state index contributed by atoms with van der Waals surface area (Å²) in [5.74, 6) is 3.60. The highest BCUT2D eigenvalue weighted by molar-refractivity contribution is 5.37. The Bertz CT molecular complexity index is 996. The van der Waals surface area contributed by atoms with E-state index in [0.29, 0.717) is 41.0 Å². The molecule has 9 atom stereocenters. The van der Waals surface area contributed by atoms with E-state index in [-0.39, 0.29) is 6.04 Å². The minimum atomic E-state index is -0.0209. The van der Waals surface area contributed by atoms with Gasteiger partial charge in [0.15, 0.2) is 0 Å². The largest absolute Gasteiger partial charge is 0.380 e. The lowest BCUT2D eigenvalue weighted by molar-refractivity contribution is -0.0643. The maximum Gasteiger partial charge on any atom is 0.0640 e. The molecular formula is C43H77NO3. The molecule has 0 heterocycles. The molecule has 4 saturated carbocycles. The van der Waals surface area contributed by atoms with Crippen LogP contribution in [0.2, 0.25) is 0 Å².